The van der Waals surface area contributed by atoms with Crippen LogP contribution in [0.5, 0.6) is 5.75 Å². The quantitative estimate of drug-likeness (QED) is 0.727. The largest absolute Gasteiger partial charge is 0.497 e. The lowest BCUT2D eigenvalue weighted by molar-refractivity contribution is -0.138. The number of rotatable bonds is 7. The fraction of sp³-hybridized carbons (Fsp3) is 0.318. The number of nitrogens with one attached hydrogen (secondary N) is 1. The van der Waals surface area contributed by atoms with Crippen LogP contribution < -0.4 is 10.1 Å². The van der Waals surface area contributed by atoms with Crippen molar-refractivity contribution in [2.75, 3.05) is 33.1 Å². The molecule has 7 heteroatoms. The molecular formula is C22H25N3O4. The average molecular weight is 395 g/mol. The Balaban J connectivity index is 1.58. The topological polar surface area (TPSA) is 79.0 Å². The van der Waals surface area contributed by atoms with Gasteiger partial charge in [-0.1, -0.05) is 12.1 Å². The normalized spacial score (nSPS) is 16.1. The van der Waals surface area contributed by atoms with Gasteiger partial charge in [-0.05, 0) is 48.4 Å². The zero-order chi connectivity index (χ0) is 21.0. The van der Waals surface area contributed by atoms with E-state index in [-0.39, 0.29) is 24.1 Å². The molecular weight excluding hydrogens is 370 g/mol. The maximum atomic E-state index is 12.7. The number of anilines is 1. The van der Waals surface area contributed by atoms with Crippen LogP contribution in [0, 0.1) is 0 Å². The molecule has 0 bridgehead atoms. The van der Waals surface area contributed by atoms with Gasteiger partial charge < -0.3 is 15.0 Å². The van der Waals surface area contributed by atoms with Crippen molar-refractivity contribution in [2.24, 2.45) is 0 Å². The fourth-order valence-electron chi connectivity index (χ4n) is 3.23. The molecule has 1 heterocycles. The molecule has 1 N–H and O–H groups in total. The minimum atomic E-state index is -0.589. The summed E-state index contributed by atoms with van der Waals surface area (Å²) < 4.78 is 5.14. The highest BCUT2D eigenvalue weighted by Crippen LogP contribution is 2.20. The van der Waals surface area contributed by atoms with Crippen LogP contribution in [0.2, 0.25) is 0 Å². The van der Waals surface area contributed by atoms with E-state index in [0.29, 0.717) is 24.2 Å². The molecule has 3 amide bonds. The SMILES string of the molecule is COc1ccc(CCN2C(=O)C[C@H](Nc3ccc(C(=O)N(C)C)cc3)C2=O)cc1. The fourth-order valence-corrected chi connectivity index (χ4v) is 3.23. The first-order valence-electron chi connectivity index (χ1n) is 9.44. The number of hydrogen-bond acceptors (Lipinski definition) is 5. The van der Waals surface area contributed by atoms with Crippen molar-refractivity contribution in [3.8, 4) is 5.75 Å². The van der Waals surface area contributed by atoms with Crippen LogP contribution >= 0.6 is 0 Å². The number of benzene rings is 2. The number of likely N-dealkylation sites (tertiary alicyclic amines) is 1. The molecule has 0 aliphatic carbocycles. The van der Waals surface area contributed by atoms with Crippen molar-refractivity contribution in [3.63, 3.8) is 0 Å². The van der Waals surface area contributed by atoms with Gasteiger partial charge in [0.2, 0.25) is 5.91 Å². The van der Waals surface area contributed by atoms with E-state index in [4.69, 9.17) is 4.74 Å². The van der Waals surface area contributed by atoms with Gasteiger partial charge in [0.05, 0.1) is 13.5 Å². The Morgan fingerprint density at radius 2 is 1.76 bits per heavy atom. The Bertz CT molecular complexity index is 891. The zero-order valence-corrected chi connectivity index (χ0v) is 16.8. The highest BCUT2D eigenvalue weighted by molar-refractivity contribution is 6.06. The van der Waals surface area contributed by atoms with Crippen LogP contribution in [0.4, 0.5) is 5.69 Å². The summed E-state index contributed by atoms with van der Waals surface area (Å²) in [7, 11) is 4.99. The number of methoxy groups -OCH3 is 1. The average Bonchev–Trinajstić information content (AvgIpc) is 2.99. The van der Waals surface area contributed by atoms with E-state index in [1.54, 1.807) is 45.5 Å². The lowest BCUT2D eigenvalue weighted by atomic mass is 10.1. The van der Waals surface area contributed by atoms with Crippen molar-refractivity contribution in [2.45, 2.75) is 18.9 Å². The first-order chi connectivity index (χ1) is 13.9. The summed E-state index contributed by atoms with van der Waals surface area (Å²) in [4.78, 5) is 39.8. The number of imide groups is 1. The summed E-state index contributed by atoms with van der Waals surface area (Å²) in [5, 5.41) is 3.11. The lowest BCUT2D eigenvalue weighted by Gasteiger charge is -2.16. The molecule has 0 aromatic heterocycles. The monoisotopic (exact) mass is 395 g/mol. The van der Waals surface area contributed by atoms with Gasteiger partial charge in [-0.2, -0.15) is 0 Å². The van der Waals surface area contributed by atoms with Gasteiger partial charge in [0.25, 0.3) is 11.8 Å². The Morgan fingerprint density at radius 1 is 1.10 bits per heavy atom. The minimum absolute atomic E-state index is 0.0895. The van der Waals surface area contributed by atoms with Gasteiger partial charge in [0.1, 0.15) is 11.8 Å². The van der Waals surface area contributed by atoms with Gasteiger partial charge >= 0.3 is 0 Å². The molecule has 152 valence electrons. The first kappa shape index (κ1) is 20.4. The number of carbonyl (C=O) groups is 3. The second-order valence-corrected chi connectivity index (χ2v) is 7.16. The number of ether oxygens (including phenoxy) is 1. The third kappa shape index (κ3) is 4.74. The number of amides is 3. The standard InChI is InChI=1S/C22H25N3O4/c1-24(2)21(27)16-6-8-17(9-7-16)23-19-14-20(26)25(22(19)28)13-12-15-4-10-18(29-3)11-5-15/h4-11,19,23H,12-14H2,1-3H3/t19-/m0/s1. The molecule has 0 radical (unpaired) electrons. The van der Waals surface area contributed by atoms with E-state index >= 15 is 0 Å². The molecule has 0 spiro atoms. The third-order valence-corrected chi connectivity index (χ3v) is 4.91. The smallest absolute Gasteiger partial charge is 0.253 e. The molecule has 1 saturated heterocycles. The van der Waals surface area contributed by atoms with Crippen molar-refractivity contribution < 1.29 is 19.1 Å². The Kier molecular flexibility index (Phi) is 6.16. The van der Waals surface area contributed by atoms with Gasteiger partial charge in [-0.25, -0.2) is 0 Å². The number of nitrogens with zero attached hydrogens (tertiary/aromatic N) is 2. The molecule has 0 saturated carbocycles. The summed E-state index contributed by atoms with van der Waals surface area (Å²) in [5.41, 5.74) is 2.29. The summed E-state index contributed by atoms with van der Waals surface area (Å²) in [6, 6.07) is 13.9. The van der Waals surface area contributed by atoms with E-state index < -0.39 is 6.04 Å². The van der Waals surface area contributed by atoms with Crippen molar-refractivity contribution in [3.05, 3.63) is 59.7 Å². The van der Waals surface area contributed by atoms with Crippen LogP contribution in [0.25, 0.3) is 0 Å². The minimum Gasteiger partial charge on any atom is -0.497 e. The van der Waals surface area contributed by atoms with Crippen molar-refractivity contribution in [1.82, 2.24) is 9.80 Å². The highest BCUT2D eigenvalue weighted by Gasteiger charge is 2.38. The van der Waals surface area contributed by atoms with Crippen LogP contribution in [0.3, 0.4) is 0 Å². The molecule has 2 aromatic carbocycles. The lowest BCUT2D eigenvalue weighted by Crippen LogP contribution is -2.36. The van der Waals surface area contributed by atoms with Crippen molar-refractivity contribution in [1.29, 1.82) is 0 Å². The maximum absolute atomic E-state index is 12.7. The van der Waals surface area contributed by atoms with Crippen LogP contribution in [-0.2, 0) is 16.0 Å². The van der Waals surface area contributed by atoms with E-state index in [1.165, 1.54) is 9.80 Å². The molecule has 1 aliphatic rings. The van der Waals surface area contributed by atoms with Crippen molar-refractivity contribution >= 4 is 23.4 Å². The van der Waals surface area contributed by atoms with Crippen LogP contribution in [0.15, 0.2) is 48.5 Å². The predicted octanol–water partition coefficient (Wildman–Crippen LogP) is 2.18. The predicted molar refractivity (Wildman–Crippen MR) is 110 cm³/mol. The maximum Gasteiger partial charge on any atom is 0.253 e. The van der Waals surface area contributed by atoms with Gasteiger partial charge in [0.15, 0.2) is 0 Å². The Hall–Kier alpha value is -3.35. The summed E-state index contributed by atoms with van der Waals surface area (Å²) in [5.74, 6) is 0.274. The summed E-state index contributed by atoms with van der Waals surface area (Å²) >= 11 is 0. The molecule has 29 heavy (non-hydrogen) atoms. The molecule has 2 aromatic rings. The summed E-state index contributed by atoms with van der Waals surface area (Å²) in [6.07, 6.45) is 0.718. The molecule has 7 nitrogen and oxygen atoms in total. The van der Waals surface area contributed by atoms with Gasteiger partial charge in [-0.15, -0.1) is 0 Å². The Labute approximate surface area is 170 Å². The van der Waals surface area contributed by atoms with E-state index in [9.17, 15) is 14.4 Å². The molecule has 1 fully saturated rings. The highest BCUT2D eigenvalue weighted by atomic mass is 16.5. The second kappa shape index (κ2) is 8.77. The molecule has 0 unspecified atom stereocenters. The molecule has 1 aliphatic heterocycles. The van der Waals surface area contributed by atoms with E-state index in [1.807, 2.05) is 24.3 Å². The van der Waals surface area contributed by atoms with Gasteiger partial charge in [0, 0.05) is 31.9 Å². The van der Waals surface area contributed by atoms with Crippen LogP contribution in [-0.4, -0.2) is 61.3 Å². The number of hydrogen-bond donors (Lipinski definition) is 1. The summed E-state index contributed by atoms with van der Waals surface area (Å²) in [6.45, 7) is 0.346. The first-order valence-corrected chi connectivity index (χ1v) is 9.44. The Morgan fingerprint density at radius 3 is 2.34 bits per heavy atom. The van der Waals surface area contributed by atoms with E-state index in [2.05, 4.69) is 5.32 Å². The third-order valence-electron chi connectivity index (χ3n) is 4.91. The van der Waals surface area contributed by atoms with E-state index in [0.717, 1.165) is 11.3 Å². The molecule has 3 rings (SSSR count). The van der Waals surface area contributed by atoms with Gasteiger partial charge in [-0.3, -0.25) is 19.3 Å². The second-order valence-electron chi connectivity index (χ2n) is 7.16. The number of carbonyl (C=O) groups excluding carboxylic acids is 3. The zero-order valence-electron chi connectivity index (χ0n) is 16.8. The molecule has 1 atom stereocenters. The van der Waals surface area contributed by atoms with Crippen LogP contribution in [0.1, 0.15) is 22.3 Å².